The minimum atomic E-state index is 0.228. The minimum absolute atomic E-state index is 0.228. The summed E-state index contributed by atoms with van der Waals surface area (Å²) in [5.74, 6) is 0. The third kappa shape index (κ3) is 3.31. The van der Waals surface area contributed by atoms with Gasteiger partial charge in [0.15, 0.2) is 0 Å². The lowest BCUT2D eigenvalue weighted by atomic mass is 9.88. The summed E-state index contributed by atoms with van der Waals surface area (Å²) in [6, 6.07) is 10.6. The van der Waals surface area contributed by atoms with E-state index in [1.807, 2.05) is 0 Å². The number of benzene rings is 1. The standard InChI is InChI=1S/C16H20O/c1-13-8-9-15(12-16(13)17-2)11-10-14-6-4-3-5-7-14/h3-7,11,16H,1,8-10,12H2,2H3/b15-11-/t16-/m1/s1. The minimum Gasteiger partial charge on any atom is -0.377 e. The molecule has 0 radical (unpaired) electrons. The molecule has 90 valence electrons. The van der Waals surface area contributed by atoms with Gasteiger partial charge in [0.05, 0.1) is 6.10 Å². The Bertz CT molecular complexity index is 403. The summed E-state index contributed by atoms with van der Waals surface area (Å²) < 4.78 is 5.45. The number of rotatable bonds is 3. The van der Waals surface area contributed by atoms with Crippen molar-refractivity contribution < 1.29 is 4.74 Å². The molecule has 0 heterocycles. The third-order valence-corrected chi connectivity index (χ3v) is 3.42. The molecule has 0 saturated heterocycles. The Morgan fingerprint density at radius 2 is 2.06 bits per heavy atom. The van der Waals surface area contributed by atoms with Crippen molar-refractivity contribution in [2.45, 2.75) is 31.8 Å². The molecule has 1 atom stereocenters. The van der Waals surface area contributed by atoms with Gasteiger partial charge in [-0.1, -0.05) is 48.6 Å². The molecule has 0 aliphatic heterocycles. The van der Waals surface area contributed by atoms with Crippen molar-refractivity contribution in [1.82, 2.24) is 0 Å². The van der Waals surface area contributed by atoms with Gasteiger partial charge in [-0.05, 0) is 36.8 Å². The molecule has 0 amide bonds. The second-order valence-corrected chi connectivity index (χ2v) is 4.64. The Morgan fingerprint density at radius 3 is 2.76 bits per heavy atom. The zero-order valence-electron chi connectivity index (χ0n) is 10.5. The summed E-state index contributed by atoms with van der Waals surface area (Å²) in [4.78, 5) is 0. The maximum Gasteiger partial charge on any atom is 0.0815 e. The van der Waals surface area contributed by atoms with Crippen molar-refractivity contribution >= 4 is 0 Å². The quantitative estimate of drug-likeness (QED) is 0.713. The SMILES string of the molecule is C=C1CC/C(=C/Cc2ccccc2)C[C@H]1OC. The first kappa shape index (κ1) is 12.1. The van der Waals surface area contributed by atoms with Crippen LogP contribution in [0.1, 0.15) is 24.8 Å². The van der Waals surface area contributed by atoms with Crippen molar-refractivity contribution in [1.29, 1.82) is 0 Å². The van der Waals surface area contributed by atoms with E-state index in [1.54, 1.807) is 7.11 Å². The lowest BCUT2D eigenvalue weighted by Crippen LogP contribution is -2.18. The third-order valence-electron chi connectivity index (χ3n) is 3.42. The first-order valence-electron chi connectivity index (χ1n) is 6.22. The van der Waals surface area contributed by atoms with E-state index in [0.29, 0.717) is 0 Å². The highest BCUT2D eigenvalue weighted by atomic mass is 16.5. The van der Waals surface area contributed by atoms with Crippen molar-refractivity contribution in [3.05, 3.63) is 59.7 Å². The number of hydrogen-bond acceptors (Lipinski definition) is 1. The van der Waals surface area contributed by atoms with E-state index in [1.165, 1.54) is 16.7 Å². The van der Waals surface area contributed by atoms with Crippen LogP contribution in [0.3, 0.4) is 0 Å². The Labute approximate surface area is 104 Å². The summed E-state index contributed by atoms with van der Waals surface area (Å²) in [5, 5.41) is 0. The molecule has 1 nitrogen and oxygen atoms in total. The molecule has 1 saturated carbocycles. The molecule has 1 aromatic carbocycles. The molecule has 1 heteroatoms. The van der Waals surface area contributed by atoms with Gasteiger partial charge in [0.2, 0.25) is 0 Å². The van der Waals surface area contributed by atoms with Crippen molar-refractivity contribution in [2.75, 3.05) is 7.11 Å². The molecule has 1 aliphatic carbocycles. The number of ether oxygens (including phenoxy) is 1. The Hall–Kier alpha value is -1.34. The van der Waals surface area contributed by atoms with Crippen LogP contribution in [0.4, 0.5) is 0 Å². The second-order valence-electron chi connectivity index (χ2n) is 4.64. The Kier molecular flexibility index (Phi) is 4.16. The van der Waals surface area contributed by atoms with E-state index in [0.717, 1.165) is 25.7 Å². The smallest absolute Gasteiger partial charge is 0.0815 e. The largest absolute Gasteiger partial charge is 0.377 e. The molecular formula is C16H20O. The predicted octanol–water partition coefficient (Wildman–Crippen LogP) is 3.91. The molecule has 1 fully saturated rings. The monoisotopic (exact) mass is 228 g/mol. The number of allylic oxidation sites excluding steroid dienone is 1. The molecule has 0 N–H and O–H groups in total. The van der Waals surface area contributed by atoms with Gasteiger partial charge in [-0.15, -0.1) is 0 Å². The topological polar surface area (TPSA) is 9.23 Å². The van der Waals surface area contributed by atoms with Crippen molar-refractivity contribution in [2.24, 2.45) is 0 Å². The summed E-state index contributed by atoms with van der Waals surface area (Å²) >= 11 is 0. The molecule has 0 bridgehead atoms. The zero-order valence-corrected chi connectivity index (χ0v) is 10.5. The zero-order chi connectivity index (χ0) is 12.1. The van der Waals surface area contributed by atoms with Crippen LogP contribution in [0, 0.1) is 0 Å². The summed E-state index contributed by atoms with van der Waals surface area (Å²) in [6.45, 7) is 4.07. The number of methoxy groups -OCH3 is 1. The van der Waals surface area contributed by atoms with Crippen LogP contribution in [0.25, 0.3) is 0 Å². The summed E-state index contributed by atoms with van der Waals surface area (Å²) in [5.41, 5.74) is 4.12. The van der Waals surface area contributed by atoms with Crippen LogP contribution in [0.2, 0.25) is 0 Å². The van der Waals surface area contributed by atoms with Crippen LogP contribution in [0.15, 0.2) is 54.1 Å². The fourth-order valence-corrected chi connectivity index (χ4v) is 2.28. The maximum atomic E-state index is 5.45. The predicted molar refractivity (Wildman–Crippen MR) is 72.0 cm³/mol. The second kappa shape index (κ2) is 5.83. The van der Waals surface area contributed by atoms with Gasteiger partial charge < -0.3 is 4.74 Å². The summed E-state index contributed by atoms with van der Waals surface area (Å²) in [7, 11) is 1.77. The Morgan fingerprint density at radius 1 is 1.29 bits per heavy atom. The molecule has 17 heavy (non-hydrogen) atoms. The fraction of sp³-hybridized carbons (Fsp3) is 0.375. The fourth-order valence-electron chi connectivity index (χ4n) is 2.28. The van der Waals surface area contributed by atoms with E-state index in [4.69, 9.17) is 4.74 Å². The van der Waals surface area contributed by atoms with Gasteiger partial charge in [-0.3, -0.25) is 0 Å². The van der Waals surface area contributed by atoms with E-state index in [9.17, 15) is 0 Å². The van der Waals surface area contributed by atoms with Gasteiger partial charge >= 0.3 is 0 Å². The van der Waals surface area contributed by atoms with Crippen LogP contribution < -0.4 is 0 Å². The van der Waals surface area contributed by atoms with E-state index >= 15 is 0 Å². The lowest BCUT2D eigenvalue weighted by Gasteiger charge is -2.25. The lowest BCUT2D eigenvalue weighted by molar-refractivity contribution is 0.122. The molecule has 2 rings (SSSR count). The van der Waals surface area contributed by atoms with Crippen LogP contribution in [-0.4, -0.2) is 13.2 Å². The summed E-state index contributed by atoms with van der Waals surface area (Å²) in [6.07, 6.45) is 6.84. The highest BCUT2D eigenvalue weighted by Crippen LogP contribution is 2.28. The van der Waals surface area contributed by atoms with E-state index < -0.39 is 0 Å². The van der Waals surface area contributed by atoms with Crippen LogP contribution in [-0.2, 0) is 11.2 Å². The molecule has 0 spiro atoms. The van der Waals surface area contributed by atoms with Crippen LogP contribution >= 0.6 is 0 Å². The normalized spacial score (nSPS) is 23.0. The molecule has 0 aromatic heterocycles. The molecule has 1 aromatic rings. The van der Waals surface area contributed by atoms with Crippen molar-refractivity contribution in [3.63, 3.8) is 0 Å². The first-order chi connectivity index (χ1) is 8.29. The van der Waals surface area contributed by atoms with E-state index in [-0.39, 0.29) is 6.10 Å². The van der Waals surface area contributed by atoms with Gasteiger partial charge in [0.25, 0.3) is 0 Å². The molecule has 1 aliphatic rings. The molecular weight excluding hydrogens is 208 g/mol. The average Bonchev–Trinajstić information content (AvgIpc) is 2.39. The van der Waals surface area contributed by atoms with Gasteiger partial charge in [-0.2, -0.15) is 0 Å². The molecule has 0 unspecified atom stereocenters. The van der Waals surface area contributed by atoms with Crippen LogP contribution in [0.5, 0.6) is 0 Å². The highest BCUT2D eigenvalue weighted by Gasteiger charge is 2.19. The van der Waals surface area contributed by atoms with Gasteiger partial charge in [0, 0.05) is 7.11 Å². The average molecular weight is 228 g/mol. The van der Waals surface area contributed by atoms with Crippen molar-refractivity contribution in [3.8, 4) is 0 Å². The number of hydrogen-bond donors (Lipinski definition) is 0. The van der Waals surface area contributed by atoms with E-state index in [2.05, 4.69) is 43.0 Å². The van der Waals surface area contributed by atoms with Gasteiger partial charge in [-0.25, -0.2) is 0 Å². The maximum absolute atomic E-state index is 5.45. The Balaban J connectivity index is 1.96. The van der Waals surface area contributed by atoms with Gasteiger partial charge in [0.1, 0.15) is 0 Å². The first-order valence-corrected chi connectivity index (χ1v) is 6.22. The highest BCUT2D eigenvalue weighted by molar-refractivity contribution is 5.23.